The molecule has 0 saturated heterocycles. The standard InChI is InChI=1S/C12H9ClFNO3/c1-2-17-12(16)9-6-10(18-15-9)11-7(13)4-3-5-8(11)14/h3-6H,2H2,1H3. The van der Waals surface area contributed by atoms with Crippen molar-refractivity contribution in [3.63, 3.8) is 0 Å². The fraction of sp³-hybridized carbons (Fsp3) is 0.167. The highest BCUT2D eigenvalue weighted by molar-refractivity contribution is 6.33. The van der Waals surface area contributed by atoms with Crippen LogP contribution in [0.15, 0.2) is 28.8 Å². The van der Waals surface area contributed by atoms with Crippen LogP contribution in [-0.2, 0) is 4.74 Å². The first-order valence-electron chi connectivity index (χ1n) is 5.21. The number of ether oxygens (including phenoxy) is 1. The summed E-state index contributed by atoms with van der Waals surface area (Å²) in [5.41, 5.74) is 0.0494. The van der Waals surface area contributed by atoms with Gasteiger partial charge < -0.3 is 9.26 Å². The molecule has 1 aromatic heterocycles. The van der Waals surface area contributed by atoms with Crippen LogP contribution in [0.2, 0.25) is 5.02 Å². The molecule has 0 unspecified atom stereocenters. The highest BCUT2D eigenvalue weighted by atomic mass is 35.5. The number of rotatable bonds is 3. The summed E-state index contributed by atoms with van der Waals surface area (Å²) in [7, 11) is 0. The van der Waals surface area contributed by atoms with E-state index in [4.69, 9.17) is 20.9 Å². The highest BCUT2D eigenvalue weighted by Crippen LogP contribution is 2.30. The van der Waals surface area contributed by atoms with Crippen molar-refractivity contribution in [3.8, 4) is 11.3 Å². The average Bonchev–Trinajstić information content (AvgIpc) is 2.78. The summed E-state index contributed by atoms with van der Waals surface area (Å²) in [5.74, 6) is -1.09. The molecule has 0 radical (unpaired) electrons. The lowest BCUT2D eigenvalue weighted by Crippen LogP contribution is -2.04. The molecule has 0 amide bonds. The van der Waals surface area contributed by atoms with Crippen LogP contribution in [0.3, 0.4) is 0 Å². The molecular formula is C12H9ClFNO3. The fourth-order valence-corrected chi connectivity index (χ4v) is 1.68. The van der Waals surface area contributed by atoms with Crippen LogP contribution in [0.1, 0.15) is 17.4 Å². The molecule has 0 aliphatic heterocycles. The summed E-state index contributed by atoms with van der Waals surface area (Å²) < 4.78 is 23.3. The minimum Gasteiger partial charge on any atom is -0.461 e. The molecule has 0 bridgehead atoms. The molecule has 0 atom stereocenters. The van der Waals surface area contributed by atoms with Gasteiger partial charge in [0, 0.05) is 6.07 Å². The van der Waals surface area contributed by atoms with E-state index in [-0.39, 0.29) is 28.6 Å². The third-order valence-electron chi connectivity index (χ3n) is 2.20. The Morgan fingerprint density at radius 3 is 3.00 bits per heavy atom. The number of hydrogen-bond donors (Lipinski definition) is 0. The second kappa shape index (κ2) is 5.18. The molecule has 0 aliphatic carbocycles. The summed E-state index contributed by atoms with van der Waals surface area (Å²) in [4.78, 5) is 11.4. The molecule has 2 aromatic rings. The Balaban J connectivity index is 2.38. The van der Waals surface area contributed by atoms with Gasteiger partial charge in [0.05, 0.1) is 17.2 Å². The second-order valence-electron chi connectivity index (χ2n) is 3.39. The Labute approximate surface area is 107 Å². The van der Waals surface area contributed by atoms with Crippen molar-refractivity contribution in [2.24, 2.45) is 0 Å². The van der Waals surface area contributed by atoms with Crippen molar-refractivity contribution in [2.45, 2.75) is 6.92 Å². The first-order valence-corrected chi connectivity index (χ1v) is 5.59. The Bertz CT molecular complexity index is 562. The number of aromatic nitrogens is 1. The normalized spacial score (nSPS) is 10.4. The molecule has 0 saturated carbocycles. The molecule has 0 spiro atoms. The first kappa shape index (κ1) is 12.6. The van der Waals surface area contributed by atoms with Gasteiger partial charge in [-0.2, -0.15) is 0 Å². The van der Waals surface area contributed by atoms with Crippen molar-refractivity contribution in [3.05, 3.63) is 40.8 Å². The lowest BCUT2D eigenvalue weighted by atomic mass is 10.1. The lowest BCUT2D eigenvalue weighted by Gasteiger charge is -2.00. The lowest BCUT2D eigenvalue weighted by molar-refractivity contribution is 0.0514. The molecule has 0 aliphatic rings. The summed E-state index contributed by atoms with van der Waals surface area (Å²) in [6.07, 6.45) is 0. The predicted octanol–water partition coefficient (Wildman–Crippen LogP) is 3.31. The van der Waals surface area contributed by atoms with Gasteiger partial charge in [-0.15, -0.1) is 0 Å². The van der Waals surface area contributed by atoms with Crippen molar-refractivity contribution in [1.82, 2.24) is 5.16 Å². The molecule has 0 N–H and O–H groups in total. The van der Waals surface area contributed by atoms with E-state index in [9.17, 15) is 9.18 Å². The monoisotopic (exact) mass is 269 g/mol. The van der Waals surface area contributed by atoms with Gasteiger partial charge in [-0.3, -0.25) is 0 Å². The first-order chi connectivity index (χ1) is 8.63. The number of halogens is 2. The van der Waals surface area contributed by atoms with E-state index >= 15 is 0 Å². The van der Waals surface area contributed by atoms with E-state index in [1.54, 1.807) is 6.92 Å². The van der Waals surface area contributed by atoms with Gasteiger partial charge in [0.15, 0.2) is 11.5 Å². The van der Waals surface area contributed by atoms with Crippen LogP contribution in [0, 0.1) is 5.82 Å². The van der Waals surface area contributed by atoms with Crippen molar-refractivity contribution < 1.29 is 18.4 Å². The molecule has 4 nitrogen and oxygen atoms in total. The van der Waals surface area contributed by atoms with E-state index in [2.05, 4.69) is 5.16 Å². The quantitative estimate of drug-likeness (QED) is 0.802. The third-order valence-corrected chi connectivity index (χ3v) is 2.52. The van der Waals surface area contributed by atoms with Crippen LogP contribution in [-0.4, -0.2) is 17.7 Å². The van der Waals surface area contributed by atoms with Crippen LogP contribution in [0.25, 0.3) is 11.3 Å². The summed E-state index contributed by atoms with van der Waals surface area (Å²) in [5, 5.41) is 3.70. The van der Waals surface area contributed by atoms with Crippen molar-refractivity contribution in [1.29, 1.82) is 0 Å². The summed E-state index contributed by atoms with van der Waals surface area (Å²) in [6.45, 7) is 1.90. The molecule has 18 heavy (non-hydrogen) atoms. The molecule has 2 rings (SSSR count). The maximum absolute atomic E-state index is 13.6. The number of hydrogen-bond acceptors (Lipinski definition) is 4. The maximum Gasteiger partial charge on any atom is 0.360 e. The van der Waals surface area contributed by atoms with E-state index < -0.39 is 11.8 Å². The van der Waals surface area contributed by atoms with E-state index in [1.165, 1.54) is 24.3 Å². The number of carbonyl (C=O) groups excluding carboxylic acids is 1. The molecule has 0 fully saturated rings. The number of carbonyl (C=O) groups is 1. The molecular weight excluding hydrogens is 261 g/mol. The third kappa shape index (κ3) is 2.36. The van der Waals surface area contributed by atoms with Gasteiger partial charge in [0.25, 0.3) is 0 Å². The van der Waals surface area contributed by atoms with Crippen LogP contribution in [0.5, 0.6) is 0 Å². The molecule has 94 valence electrons. The van der Waals surface area contributed by atoms with Crippen LogP contribution < -0.4 is 0 Å². The topological polar surface area (TPSA) is 52.3 Å². The summed E-state index contributed by atoms with van der Waals surface area (Å²) >= 11 is 5.87. The predicted molar refractivity (Wildman–Crippen MR) is 62.9 cm³/mol. The summed E-state index contributed by atoms with van der Waals surface area (Å²) in [6, 6.07) is 5.53. The Morgan fingerprint density at radius 1 is 1.56 bits per heavy atom. The molecule has 1 aromatic carbocycles. The zero-order valence-corrected chi connectivity index (χ0v) is 10.2. The van der Waals surface area contributed by atoms with E-state index in [0.29, 0.717) is 0 Å². The Hall–Kier alpha value is -1.88. The number of nitrogens with zero attached hydrogens (tertiary/aromatic N) is 1. The fourth-order valence-electron chi connectivity index (χ4n) is 1.43. The zero-order valence-electron chi connectivity index (χ0n) is 9.44. The van der Waals surface area contributed by atoms with Gasteiger partial charge in [-0.25, -0.2) is 9.18 Å². The second-order valence-corrected chi connectivity index (χ2v) is 3.80. The number of esters is 1. The zero-order chi connectivity index (χ0) is 13.1. The van der Waals surface area contributed by atoms with Gasteiger partial charge in [0.2, 0.25) is 0 Å². The highest BCUT2D eigenvalue weighted by Gasteiger charge is 2.18. The van der Waals surface area contributed by atoms with Gasteiger partial charge in [-0.05, 0) is 19.1 Å². The minimum atomic E-state index is -0.625. The van der Waals surface area contributed by atoms with Gasteiger partial charge in [0.1, 0.15) is 5.82 Å². The van der Waals surface area contributed by atoms with Gasteiger partial charge in [-0.1, -0.05) is 22.8 Å². The van der Waals surface area contributed by atoms with E-state index in [1.807, 2.05) is 0 Å². The van der Waals surface area contributed by atoms with Crippen molar-refractivity contribution >= 4 is 17.6 Å². The van der Waals surface area contributed by atoms with Crippen molar-refractivity contribution in [2.75, 3.05) is 6.61 Å². The van der Waals surface area contributed by atoms with Crippen LogP contribution >= 0.6 is 11.6 Å². The average molecular weight is 270 g/mol. The Kier molecular flexibility index (Phi) is 3.62. The SMILES string of the molecule is CCOC(=O)c1cc(-c2c(F)cccc2Cl)on1. The maximum atomic E-state index is 13.6. The minimum absolute atomic E-state index is 0.0221. The number of benzene rings is 1. The van der Waals surface area contributed by atoms with Crippen LogP contribution in [0.4, 0.5) is 4.39 Å². The molecule has 1 heterocycles. The van der Waals surface area contributed by atoms with Gasteiger partial charge >= 0.3 is 5.97 Å². The largest absolute Gasteiger partial charge is 0.461 e. The smallest absolute Gasteiger partial charge is 0.360 e. The molecule has 6 heteroatoms. The van der Waals surface area contributed by atoms with E-state index in [0.717, 1.165) is 0 Å². The Morgan fingerprint density at radius 2 is 2.33 bits per heavy atom.